The van der Waals surface area contributed by atoms with Gasteiger partial charge in [-0.2, -0.15) is 0 Å². The predicted molar refractivity (Wildman–Crippen MR) is 172 cm³/mol. The van der Waals surface area contributed by atoms with Gasteiger partial charge < -0.3 is 4.90 Å². The predicted octanol–water partition coefficient (Wildman–Crippen LogP) is 6.93. The quantitative estimate of drug-likeness (QED) is 0.247. The Hall–Kier alpha value is -3.73. The Morgan fingerprint density at radius 1 is 0.714 bits per heavy atom. The molecule has 4 heteroatoms. The second kappa shape index (κ2) is 13.1. The van der Waals surface area contributed by atoms with E-state index in [4.69, 9.17) is 0 Å². The summed E-state index contributed by atoms with van der Waals surface area (Å²) in [6.45, 7) is 9.19. The summed E-state index contributed by atoms with van der Waals surface area (Å²) in [6.07, 6.45) is 2.95. The number of hydrogen-bond donors (Lipinski definition) is 0. The van der Waals surface area contributed by atoms with Crippen molar-refractivity contribution in [3.8, 4) is 0 Å². The number of amides is 1. The van der Waals surface area contributed by atoms with E-state index < -0.39 is 0 Å². The normalized spacial score (nSPS) is 20.1. The number of piperidine rings is 1. The molecule has 2 atom stereocenters. The molecule has 0 bridgehead atoms. The molecule has 0 radical (unpaired) electrons. The molecule has 2 heterocycles. The van der Waals surface area contributed by atoms with Crippen LogP contribution >= 0.6 is 0 Å². The smallest absolute Gasteiger partial charge is 0.254 e. The van der Waals surface area contributed by atoms with E-state index in [-0.39, 0.29) is 18.0 Å². The third-order valence-electron chi connectivity index (χ3n) is 9.56. The van der Waals surface area contributed by atoms with E-state index in [2.05, 4.69) is 126 Å². The maximum absolute atomic E-state index is 13.9. The summed E-state index contributed by atoms with van der Waals surface area (Å²) in [4.78, 5) is 21.5. The molecule has 2 aliphatic heterocycles. The molecule has 2 fully saturated rings. The fourth-order valence-corrected chi connectivity index (χ4v) is 7.09. The van der Waals surface area contributed by atoms with E-state index in [9.17, 15) is 4.79 Å². The largest absolute Gasteiger partial charge is 0.335 e. The van der Waals surface area contributed by atoms with Crippen LogP contribution in [0.3, 0.4) is 0 Å². The zero-order valence-electron chi connectivity index (χ0n) is 25.0. The first-order chi connectivity index (χ1) is 20.6. The molecule has 216 valence electrons. The summed E-state index contributed by atoms with van der Waals surface area (Å²) >= 11 is 0. The number of nitrogens with zero attached hydrogens (tertiary/aromatic N) is 3. The summed E-state index contributed by atoms with van der Waals surface area (Å²) < 4.78 is 0. The van der Waals surface area contributed by atoms with Gasteiger partial charge in [0.25, 0.3) is 5.91 Å². The molecule has 2 saturated heterocycles. The van der Waals surface area contributed by atoms with Crippen LogP contribution in [-0.4, -0.2) is 65.4 Å². The number of carbonyl (C=O) groups is 1. The fourth-order valence-electron chi connectivity index (χ4n) is 7.09. The first kappa shape index (κ1) is 28.4. The van der Waals surface area contributed by atoms with E-state index in [1.54, 1.807) is 0 Å². The lowest BCUT2D eigenvalue weighted by molar-refractivity contribution is 0.0246. The highest BCUT2D eigenvalue weighted by molar-refractivity contribution is 5.96. The molecule has 0 aromatic heterocycles. The molecule has 4 aromatic carbocycles. The van der Waals surface area contributed by atoms with E-state index in [0.717, 1.165) is 63.1 Å². The van der Waals surface area contributed by atoms with Gasteiger partial charge in [0.1, 0.15) is 0 Å². The van der Waals surface area contributed by atoms with Gasteiger partial charge in [0.05, 0.1) is 6.04 Å². The minimum Gasteiger partial charge on any atom is -0.335 e. The molecule has 2 aliphatic rings. The summed E-state index contributed by atoms with van der Waals surface area (Å²) in [5.74, 6) is 0.189. The first-order valence-electron chi connectivity index (χ1n) is 15.6. The van der Waals surface area contributed by atoms with Crippen molar-refractivity contribution in [2.24, 2.45) is 0 Å². The van der Waals surface area contributed by atoms with Gasteiger partial charge in [-0.1, -0.05) is 103 Å². The third-order valence-corrected chi connectivity index (χ3v) is 9.56. The second-order valence-electron chi connectivity index (χ2n) is 12.1. The lowest BCUT2D eigenvalue weighted by Gasteiger charge is -2.47. The molecule has 0 unspecified atom stereocenters. The van der Waals surface area contributed by atoms with Crippen LogP contribution in [0.4, 0.5) is 0 Å². The Labute approximate surface area is 251 Å². The Kier molecular flexibility index (Phi) is 8.83. The van der Waals surface area contributed by atoms with Crippen LogP contribution in [0.1, 0.15) is 57.1 Å². The van der Waals surface area contributed by atoms with Gasteiger partial charge in [0, 0.05) is 50.4 Å². The van der Waals surface area contributed by atoms with E-state index in [1.807, 2.05) is 12.1 Å². The Bertz CT molecular complexity index is 1410. The summed E-state index contributed by atoms with van der Waals surface area (Å²) in [5, 5.41) is 0. The summed E-state index contributed by atoms with van der Waals surface area (Å²) in [5.41, 5.74) is 7.16. The molecular formula is C38H43N3O. The van der Waals surface area contributed by atoms with Crippen LogP contribution in [0.15, 0.2) is 109 Å². The molecule has 4 aromatic rings. The van der Waals surface area contributed by atoms with Crippen LogP contribution in [0.2, 0.25) is 0 Å². The molecule has 1 amide bonds. The molecule has 0 spiro atoms. The average molecular weight is 558 g/mol. The van der Waals surface area contributed by atoms with Gasteiger partial charge in [-0.05, 0) is 67.0 Å². The minimum absolute atomic E-state index is 0.189. The Morgan fingerprint density at radius 3 is 1.93 bits per heavy atom. The van der Waals surface area contributed by atoms with Crippen molar-refractivity contribution < 1.29 is 4.79 Å². The zero-order valence-corrected chi connectivity index (χ0v) is 25.0. The zero-order chi connectivity index (χ0) is 28.9. The minimum atomic E-state index is 0.189. The van der Waals surface area contributed by atoms with Gasteiger partial charge in [0.15, 0.2) is 0 Å². The van der Waals surface area contributed by atoms with Crippen molar-refractivity contribution >= 4 is 5.91 Å². The van der Waals surface area contributed by atoms with Gasteiger partial charge in [0.2, 0.25) is 0 Å². The van der Waals surface area contributed by atoms with Crippen LogP contribution < -0.4 is 0 Å². The van der Waals surface area contributed by atoms with Crippen LogP contribution in [0.25, 0.3) is 0 Å². The molecule has 42 heavy (non-hydrogen) atoms. The number of carbonyl (C=O) groups excluding carboxylic acids is 1. The first-order valence-corrected chi connectivity index (χ1v) is 15.6. The third kappa shape index (κ3) is 6.21. The lowest BCUT2D eigenvalue weighted by atomic mass is 9.89. The number of rotatable bonds is 7. The van der Waals surface area contributed by atoms with Crippen LogP contribution in [0, 0.1) is 13.8 Å². The van der Waals surface area contributed by atoms with Gasteiger partial charge >= 0.3 is 0 Å². The number of hydrogen-bond acceptors (Lipinski definition) is 3. The molecule has 4 nitrogen and oxygen atoms in total. The van der Waals surface area contributed by atoms with Gasteiger partial charge in [-0.25, -0.2) is 0 Å². The van der Waals surface area contributed by atoms with E-state index >= 15 is 0 Å². The van der Waals surface area contributed by atoms with E-state index in [0.29, 0.717) is 6.04 Å². The van der Waals surface area contributed by atoms with Crippen molar-refractivity contribution in [1.82, 2.24) is 14.7 Å². The molecule has 0 N–H and O–H groups in total. The van der Waals surface area contributed by atoms with Crippen LogP contribution in [-0.2, 0) is 6.42 Å². The topological polar surface area (TPSA) is 26.8 Å². The number of piperazine rings is 1. The number of likely N-dealkylation sites (tertiary alicyclic amines) is 1. The Morgan fingerprint density at radius 2 is 1.31 bits per heavy atom. The SMILES string of the molecule is Cc1cccc(C(=O)N2CC[C@H](N3CCN(C(c4ccccc4)c4ccccc4)CC3)C[C@@H]2Cc2ccccc2)c1C. The van der Waals surface area contributed by atoms with Crippen molar-refractivity contribution in [2.45, 2.75) is 51.2 Å². The molecular weight excluding hydrogens is 514 g/mol. The summed E-state index contributed by atoms with van der Waals surface area (Å²) in [7, 11) is 0. The van der Waals surface area contributed by atoms with Crippen molar-refractivity contribution in [2.75, 3.05) is 32.7 Å². The highest BCUT2D eigenvalue weighted by atomic mass is 16.2. The standard InChI is InChI=1S/C38H43N3O/c1-29-13-12-20-36(30(29)2)38(42)41-22-21-34(28-35(41)27-31-14-6-3-7-15-31)39-23-25-40(26-24-39)37(32-16-8-4-9-17-32)33-18-10-5-11-19-33/h3-20,34-35,37H,21-28H2,1-2H3/t34-,35-/m0/s1. The van der Waals surface area contributed by atoms with Crippen molar-refractivity contribution in [3.05, 3.63) is 143 Å². The Balaban J connectivity index is 1.18. The highest BCUT2D eigenvalue weighted by Crippen LogP contribution is 2.32. The maximum Gasteiger partial charge on any atom is 0.254 e. The molecule has 0 aliphatic carbocycles. The lowest BCUT2D eigenvalue weighted by Crippen LogP contribution is -2.57. The van der Waals surface area contributed by atoms with Gasteiger partial charge in [-0.15, -0.1) is 0 Å². The molecule has 0 saturated carbocycles. The molecule has 6 rings (SSSR count). The fraction of sp³-hybridized carbons (Fsp3) is 0.342. The van der Waals surface area contributed by atoms with Crippen LogP contribution in [0.5, 0.6) is 0 Å². The summed E-state index contributed by atoms with van der Waals surface area (Å²) in [6, 6.07) is 39.7. The maximum atomic E-state index is 13.9. The monoisotopic (exact) mass is 557 g/mol. The number of aryl methyl sites for hydroxylation is 1. The second-order valence-corrected chi connectivity index (χ2v) is 12.1. The van der Waals surface area contributed by atoms with E-state index in [1.165, 1.54) is 22.3 Å². The highest BCUT2D eigenvalue weighted by Gasteiger charge is 2.37. The van der Waals surface area contributed by atoms with Crippen molar-refractivity contribution in [1.29, 1.82) is 0 Å². The average Bonchev–Trinajstić information content (AvgIpc) is 3.04. The van der Waals surface area contributed by atoms with Crippen molar-refractivity contribution in [3.63, 3.8) is 0 Å². The number of benzene rings is 4. The van der Waals surface area contributed by atoms with Gasteiger partial charge in [-0.3, -0.25) is 14.6 Å².